The third kappa shape index (κ3) is 3.10. The second-order valence-corrected chi connectivity index (χ2v) is 2.51. The Morgan fingerprint density at radius 1 is 1.36 bits per heavy atom. The van der Waals surface area contributed by atoms with E-state index in [0.29, 0.717) is 11.3 Å². The molecule has 1 aromatic heterocycles. The van der Waals surface area contributed by atoms with Gasteiger partial charge in [-0.05, 0) is 12.1 Å². The van der Waals surface area contributed by atoms with Gasteiger partial charge in [-0.2, -0.15) is 0 Å². The van der Waals surface area contributed by atoms with Crippen LogP contribution in [-0.2, 0) is 0 Å². The lowest BCUT2D eigenvalue weighted by molar-refractivity contribution is 0.112. The fourth-order valence-corrected chi connectivity index (χ4v) is 0.833. The van der Waals surface area contributed by atoms with Crippen LogP contribution in [0, 0.1) is 0 Å². The first-order valence-electron chi connectivity index (χ1n) is 4.07. The maximum atomic E-state index is 10.1. The second kappa shape index (κ2) is 5.53. The normalized spacial score (nSPS) is 8.57. The zero-order valence-corrected chi connectivity index (χ0v) is 7.55. The summed E-state index contributed by atoms with van der Waals surface area (Å²) in [6, 6.07) is 6.95. The van der Waals surface area contributed by atoms with Gasteiger partial charge in [0.2, 0.25) is 0 Å². The molecule has 4 heteroatoms. The van der Waals surface area contributed by atoms with Crippen LogP contribution < -0.4 is 5.73 Å². The van der Waals surface area contributed by atoms with E-state index in [4.69, 9.17) is 5.73 Å². The highest BCUT2D eigenvalue weighted by Gasteiger charge is 1.90. The van der Waals surface area contributed by atoms with Gasteiger partial charge in [0.15, 0.2) is 6.29 Å². The number of aromatic amines is 1. The number of anilines is 1. The van der Waals surface area contributed by atoms with Gasteiger partial charge in [-0.25, -0.2) is 4.98 Å². The molecular formula is C10H11N3O. The molecule has 0 atom stereocenters. The zero-order chi connectivity index (χ0) is 10.2. The number of aromatic nitrogens is 2. The van der Waals surface area contributed by atoms with Crippen molar-refractivity contribution in [3.8, 4) is 0 Å². The minimum atomic E-state index is 0.535. The Morgan fingerprint density at radius 3 is 2.50 bits per heavy atom. The molecule has 0 aliphatic heterocycles. The fraction of sp³-hybridized carbons (Fsp3) is 0. The van der Waals surface area contributed by atoms with Crippen molar-refractivity contribution in [1.82, 2.24) is 9.97 Å². The standard InChI is InChI=1S/C7H7NO.C3H4N2/c8-7-4-2-1-3-6(7)5-9;1-2-5-3-4-1/h1-5H,8H2;1-3H,(H,4,5). The molecule has 0 aliphatic rings. The van der Waals surface area contributed by atoms with Gasteiger partial charge in [0, 0.05) is 23.6 Å². The van der Waals surface area contributed by atoms with Gasteiger partial charge in [0.1, 0.15) is 0 Å². The van der Waals surface area contributed by atoms with Gasteiger partial charge >= 0.3 is 0 Å². The number of nitrogens with zero attached hydrogens (tertiary/aromatic N) is 1. The van der Waals surface area contributed by atoms with E-state index in [2.05, 4.69) is 9.97 Å². The largest absolute Gasteiger partial charge is 0.398 e. The van der Waals surface area contributed by atoms with Crippen molar-refractivity contribution >= 4 is 12.0 Å². The van der Waals surface area contributed by atoms with Crippen molar-refractivity contribution in [2.75, 3.05) is 5.73 Å². The summed E-state index contributed by atoms with van der Waals surface area (Å²) in [5.41, 5.74) is 6.49. The molecule has 0 unspecified atom stereocenters. The Morgan fingerprint density at radius 2 is 2.14 bits per heavy atom. The topological polar surface area (TPSA) is 71.8 Å². The van der Waals surface area contributed by atoms with Gasteiger partial charge in [0.05, 0.1) is 6.33 Å². The average molecular weight is 189 g/mol. The fourth-order valence-electron chi connectivity index (χ4n) is 0.833. The number of nitrogen functional groups attached to an aromatic ring is 1. The Balaban J connectivity index is 0.000000165. The highest BCUT2D eigenvalue weighted by Crippen LogP contribution is 2.05. The molecule has 14 heavy (non-hydrogen) atoms. The van der Waals surface area contributed by atoms with E-state index in [0.717, 1.165) is 6.29 Å². The first-order valence-corrected chi connectivity index (χ1v) is 4.07. The number of imidazole rings is 1. The van der Waals surface area contributed by atoms with Crippen LogP contribution in [0.5, 0.6) is 0 Å². The maximum Gasteiger partial charge on any atom is 0.152 e. The molecule has 0 spiro atoms. The molecule has 3 N–H and O–H groups in total. The monoisotopic (exact) mass is 189 g/mol. The number of nitrogens with two attached hydrogens (primary N) is 1. The molecule has 1 aromatic carbocycles. The predicted octanol–water partition coefficient (Wildman–Crippen LogP) is 1.49. The molecule has 0 aliphatic carbocycles. The van der Waals surface area contributed by atoms with E-state index >= 15 is 0 Å². The molecule has 0 amide bonds. The predicted molar refractivity (Wildman–Crippen MR) is 54.8 cm³/mol. The number of carbonyl (C=O) groups excluding carboxylic acids is 1. The highest BCUT2D eigenvalue weighted by atomic mass is 16.1. The van der Waals surface area contributed by atoms with Crippen molar-refractivity contribution in [2.45, 2.75) is 0 Å². The molecule has 0 fully saturated rings. The van der Waals surface area contributed by atoms with E-state index < -0.39 is 0 Å². The summed E-state index contributed by atoms with van der Waals surface area (Å²) >= 11 is 0. The van der Waals surface area contributed by atoms with Gasteiger partial charge in [-0.15, -0.1) is 0 Å². The summed E-state index contributed by atoms with van der Waals surface area (Å²) in [5, 5.41) is 0. The Bertz CT molecular complexity index is 353. The van der Waals surface area contributed by atoms with Crippen LogP contribution in [0.1, 0.15) is 10.4 Å². The minimum absolute atomic E-state index is 0.535. The number of benzene rings is 1. The third-order valence-electron chi connectivity index (χ3n) is 1.53. The lowest BCUT2D eigenvalue weighted by atomic mass is 10.2. The molecule has 1 heterocycles. The lowest BCUT2D eigenvalue weighted by Crippen LogP contribution is -1.90. The Kier molecular flexibility index (Phi) is 3.94. The smallest absolute Gasteiger partial charge is 0.152 e. The number of hydrogen-bond donors (Lipinski definition) is 2. The quantitative estimate of drug-likeness (QED) is 0.527. The molecular weight excluding hydrogens is 178 g/mol. The number of nitrogens with one attached hydrogen (secondary N) is 1. The van der Waals surface area contributed by atoms with Crippen LogP contribution in [0.15, 0.2) is 43.0 Å². The van der Waals surface area contributed by atoms with E-state index in [1.54, 1.807) is 43.0 Å². The van der Waals surface area contributed by atoms with Crippen LogP contribution in [0.3, 0.4) is 0 Å². The van der Waals surface area contributed by atoms with Crippen molar-refractivity contribution in [1.29, 1.82) is 0 Å². The van der Waals surface area contributed by atoms with E-state index in [1.165, 1.54) is 0 Å². The third-order valence-corrected chi connectivity index (χ3v) is 1.53. The number of carbonyl (C=O) groups is 1. The van der Waals surface area contributed by atoms with Crippen LogP contribution in [-0.4, -0.2) is 16.3 Å². The SMILES string of the molecule is Nc1ccccc1C=O.c1c[nH]cn1. The molecule has 2 aromatic rings. The Hall–Kier alpha value is -2.10. The van der Waals surface area contributed by atoms with Gasteiger partial charge in [0.25, 0.3) is 0 Å². The summed E-state index contributed by atoms with van der Waals surface area (Å²) in [6.07, 6.45) is 5.83. The summed E-state index contributed by atoms with van der Waals surface area (Å²) in [7, 11) is 0. The van der Waals surface area contributed by atoms with Crippen molar-refractivity contribution < 1.29 is 4.79 Å². The molecule has 0 saturated heterocycles. The lowest BCUT2D eigenvalue weighted by Gasteiger charge is -1.92. The van der Waals surface area contributed by atoms with Crippen LogP contribution in [0.25, 0.3) is 0 Å². The van der Waals surface area contributed by atoms with Crippen molar-refractivity contribution in [3.05, 3.63) is 48.5 Å². The van der Waals surface area contributed by atoms with Crippen molar-refractivity contribution in [2.24, 2.45) is 0 Å². The summed E-state index contributed by atoms with van der Waals surface area (Å²) in [5.74, 6) is 0. The van der Waals surface area contributed by atoms with E-state index in [1.807, 2.05) is 0 Å². The zero-order valence-electron chi connectivity index (χ0n) is 7.55. The van der Waals surface area contributed by atoms with Gasteiger partial charge in [-0.3, -0.25) is 4.79 Å². The number of hydrogen-bond acceptors (Lipinski definition) is 3. The summed E-state index contributed by atoms with van der Waals surface area (Å²) in [4.78, 5) is 16.6. The average Bonchev–Trinajstić information content (AvgIpc) is 2.76. The van der Waals surface area contributed by atoms with Crippen molar-refractivity contribution in [3.63, 3.8) is 0 Å². The summed E-state index contributed by atoms with van der Waals surface area (Å²) < 4.78 is 0. The number of H-pyrrole nitrogens is 1. The number of aldehydes is 1. The molecule has 0 radical (unpaired) electrons. The van der Waals surface area contributed by atoms with Crippen LogP contribution in [0.4, 0.5) is 5.69 Å². The van der Waals surface area contributed by atoms with E-state index in [9.17, 15) is 4.79 Å². The summed E-state index contributed by atoms with van der Waals surface area (Å²) in [6.45, 7) is 0. The van der Waals surface area contributed by atoms with Crippen LogP contribution >= 0.6 is 0 Å². The molecule has 0 bridgehead atoms. The first kappa shape index (κ1) is 9.98. The van der Waals surface area contributed by atoms with Gasteiger partial charge in [-0.1, -0.05) is 12.1 Å². The molecule has 4 nitrogen and oxygen atoms in total. The van der Waals surface area contributed by atoms with Crippen LogP contribution in [0.2, 0.25) is 0 Å². The number of para-hydroxylation sites is 1. The first-order chi connectivity index (χ1) is 6.84. The maximum absolute atomic E-state index is 10.1. The molecule has 0 saturated carbocycles. The minimum Gasteiger partial charge on any atom is -0.398 e. The second-order valence-electron chi connectivity index (χ2n) is 2.51. The van der Waals surface area contributed by atoms with E-state index in [-0.39, 0.29) is 0 Å². The number of rotatable bonds is 1. The molecule has 72 valence electrons. The highest BCUT2D eigenvalue weighted by molar-refractivity contribution is 5.82. The van der Waals surface area contributed by atoms with Gasteiger partial charge < -0.3 is 10.7 Å². The molecule has 2 rings (SSSR count). The Labute approximate surface area is 81.8 Å².